The maximum atomic E-state index is 12.6. The molecule has 0 aliphatic carbocycles. The van der Waals surface area contributed by atoms with Gasteiger partial charge in [-0.05, 0) is 55.8 Å². The molecule has 0 saturated carbocycles. The Morgan fingerprint density at radius 2 is 1.71 bits per heavy atom. The van der Waals surface area contributed by atoms with Crippen molar-refractivity contribution in [1.82, 2.24) is 9.97 Å². The number of hydrogen-bond donors (Lipinski definition) is 2. The van der Waals surface area contributed by atoms with E-state index in [1.165, 1.54) is 24.4 Å². The van der Waals surface area contributed by atoms with Gasteiger partial charge in [0.05, 0.1) is 5.56 Å². The van der Waals surface area contributed by atoms with Crippen LogP contribution in [-0.2, 0) is 6.18 Å². The van der Waals surface area contributed by atoms with Gasteiger partial charge in [-0.3, -0.25) is 4.79 Å². The fraction of sp³-hybridized carbons (Fsp3) is 0.150. The van der Waals surface area contributed by atoms with Gasteiger partial charge in [0.25, 0.3) is 5.91 Å². The van der Waals surface area contributed by atoms with Crippen LogP contribution in [0.25, 0.3) is 0 Å². The summed E-state index contributed by atoms with van der Waals surface area (Å²) < 4.78 is 37.8. The number of carbonyl (C=O) groups excluding carboxylic acids is 1. The Morgan fingerprint density at radius 3 is 2.36 bits per heavy atom. The molecule has 0 bridgehead atoms. The summed E-state index contributed by atoms with van der Waals surface area (Å²) in [5.41, 5.74) is 2.47. The van der Waals surface area contributed by atoms with Crippen molar-refractivity contribution in [2.24, 2.45) is 0 Å². The SMILES string of the molecule is Cc1ccc(Nc2nccc(C(=O)Nc3ccc(C(F)(F)F)cc3)n2)c(C)c1. The van der Waals surface area contributed by atoms with Crippen LogP contribution in [-0.4, -0.2) is 15.9 Å². The van der Waals surface area contributed by atoms with E-state index in [1.807, 2.05) is 32.0 Å². The smallest absolute Gasteiger partial charge is 0.324 e. The van der Waals surface area contributed by atoms with E-state index in [2.05, 4.69) is 20.6 Å². The van der Waals surface area contributed by atoms with Crippen LogP contribution in [0, 0.1) is 13.8 Å². The number of aromatic nitrogens is 2. The first kappa shape index (κ1) is 19.3. The Kier molecular flexibility index (Phi) is 5.30. The lowest BCUT2D eigenvalue weighted by Crippen LogP contribution is -2.15. The zero-order chi connectivity index (χ0) is 20.3. The Bertz CT molecular complexity index is 1000. The molecule has 0 aliphatic heterocycles. The van der Waals surface area contributed by atoms with Gasteiger partial charge in [0.1, 0.15) is 5.69 Å². The van der Waals surface area contributed by atoms with E-state index in [4.69, 9.17) is 0 Å². The molecule has 8 heteroatoms. The number of amides is 1. The molecule has 3 aromatic rings. The van der Waals surface area contributed by atoms with Gasteiger partial charge in [-0.1, -0.05) is 17.7 Å². The summed E-state index contributed by atoms with van der Waals surface area (Å²) in [6.07, 6.45) is -3.00. The van der Waals surface area contributed by atoms with Crippen molar-refractivity contribution in [1.29, 1.82) is 0 Å². The van der Waals surface area contributed by atoms with Crippen molar-refractivity contribution in [3.8, 4) is 0 Å². The summed E-state index contributed by atoms with van der Waals surface area (Å²) in [6.45, 7) is 3.93. The standard InChI is InChI=1S/C20H17F3N4O/c1-12-3-8-16(13(2)11-12)26-19-24-10-9-17(27-19)18(28)25-15-6-4-14(5-7-15)20(21,22)23/h3-11H,1-2H3,(H,25,28)(H,24,26,27). The van der Waals surface area contributed by atoms with Gasteiger partial charge in [-0.25, -0.2) is 9.97 Å². The Balaban J connectivity index is 1.73. The highest BCUT2D eigenvalue weighted by Crippen LogP contribution is 2.29. The summed E-state index contributed by atoms with van der Waals surface area (Å²) in [7, 11) is 0. The number of aryl methyl sites for hydroxylation is 2. The second kappa shape index (κ2) is 7.67. The molecule has 28 heavy (non-hydrogen) atoms. The fourth-order valence-electron chi connectivity index (χ4n) is 2.56. The molecule has 0 aliphatic rings. The number of hydrogen-bond acceptors (Lipinski definition) is 4. The molecule has 2 aromatic carbocycles. The van der Waals surface area contributed by atoms with Crippen LogP contribution in [0.5, 0.6) is 0 Å². The zero-order valence-electron chi connectivity index (χ0n) is 15.1. The first-order chi connectivity index (χ1) is 13.2. The molecule has 3 rings (SSSR count). The quantitative estimate of drug-likeness (QED) is 0.654. The first-order valence-corrected chi connectivity index (χ1v) is 8.38. The highest BCUT2D eigenvalue weighted by Gasteiger charge is 2.30. The lowest BCUT2D eigenvalue weighted by atomic mass is 10.1. The van der Waals surface area contributed by atoms with Gasteiger partial charge >= 0.3 is 6.18 Å². The molecule has 2 N–H and O–H groups in total. The van der Waals surface area contributed by atoms with Gasteiger partial charge in [0, 0.05) is 17.6 Å². The predicted octanol–water partition coefficient (Wildman–Crippen LogP) is 5.11. The van der Waals surface area contributed by atoms with Crippen molar-refractivity contribution in [2.75, 3.05) is 10.6 Å². The molecule has 1 aromatic heterocycles. The minimum atomic E-state index is -4.43. The number of anilines is 3. The van der Waals surface area contributed by atoms with E-state index < -0.39 is 17.6 Å². The van der Waals surface area contributed by atoms with Gasteiger partial charge in [0.15, 0.2) is 0 Å². The number of carbonyl (C=O) groups is 1. The van der Waals surface area contributed by atoms with Crippen LogP contribution in [0.3, 0.4) is 0 Å². The largest absolute Gasteiger partial charge is 0.416 e. The van der Waals surface area contributed by atoms with E-state index >= 15 is 0 Å². The van der Waals surface area contributed by atoms with E-state index in [1.54, 1.807) is 0 Å². The minimum Gasteiger partial charge on any atom is -0.324 e. The molecule has 0 radical (unpaired) electrons. The van der Waals surface area contributed by atoms with Crippen LogP contribution in [0.15, 0.2) is 54.7 Å². The van der Waals surface area contributed by atoms with E-state index in [-0.39, 0.29) is 17.3 Å². The van der Waals surface area contributed by atoms with Crippen molar-refractivity contribution in [2.45, 2.75) is 20.0 Å². The molecule has 0 saturated heterocycles. The fourth-order valence-corrected chi connectivity index (χ4v) is 2.56. The molecule has 0 atom stereocenters. The highest BCUT2D eigenvalue weighted by atomic mass is 19.4. The number of nitrogens with zero attached hydrogens (tertiary/aromatic N) is 2. The maximum absolute atomic E-state index is 12.6. The topological polar surface area (TPSA) is 66.9 Å². The van der Waals surface area contributed by atoms with Crippen molar-refractivity contribution in [3.05, 3.63) is 77.1 Å². The van der Waals surface area contributed by atoms with Crippen LogP contribution >= 0.6 is 0 Å². The average Bonchev–Trinajstić information content (AvgIpc) is 2.64. The second-order valence-corrected chi connectivity index (χ2v) is 6.24. The van der Waals surface area contributed by atoms with Gasteiger partial charge in [0.2, 0.25) is 5.95 Å². The molecular formula is C20H17F3N4O. The highest BCUT2D eigenvalue weighted by molar-refractivity contribution is 6.03. The van der Waals surface area contributed by atoms with Crippen LogP contribution < -0.4 is 10.6 Å². The molecule has 0 fully saturated rings. The average molecular weight is 386 g/mol. The third-order valence-corrected chi connectivity index (χ3v) is 3.99. The predicted molar refractivity (Wildman–Crippen MR) is 101 cm³/mol. The molecule has 0 spiro atoms. The summed E-state index contributed by atoms with van der Waals surface area (Å²) in [6, 6.07) is 11.5. The van der Waals surface area contributed by atoms with E-state index in [9.17, 15) is 18.0 Å². The molecule has 1 heterocycles. The summed E-state index contributed by atoms with van der Waals surface area (Å²) in [4.78, 5) is 20.6. The lowest BCUT2D eigenvalue weighted by molar-refractivity contribution is -0.137. The number of halogens is 3. The summed E-state index contributed by atoms with van der Waals surface area (Å²) in [5, 5.41) is 5.58. The van der Waals surface area contributed by atoms with Crippen molar-refractivity contribution in [3.63, 3.8) is 0 Å². The normalized spacial score (nSPS) is 11.2. The van der Waals surface area contributed by atoms with Gasteiger partial charge in [-0.2, -0.15) is 13.2 Å². The number of rotatable bonds is 4. The number of nitrogens with one attached hydrogen (secondary N) is 2. The van der Waals surface area contributed by atoms with Crippen LogP contribution in [0.1, 0.15) is 27.2 Å². The summed E-state index contributed by atoms with van der Waals surface area (Å²) >= 11 is 0. The lowest BCUT2D eigenvalue weighted by Gasteiger charge is -2.10. The maximum Gasteiger partial charge on any atom is 0.416 e. The van der Waals surface area contributed by atoms with E-state index in [0.717, 1.165) is 28.9 Å². The number of benzene rings is 2. The van der Waals surface area contributed by atoms with E-state index in [0.29, 0.717) is 0 Å². The van der Waals surface area contributed by atoms with Crippen molar-refractivity contribution < 1.29 is 18.0 Å². The third kappa shape index (κ3) is 4.64. The molecule has 144 valence electrons. The van der Waals surface area contributed by atoms with Crippen LogP contribution in [0.2, 0.25) is 0 Å². The Labute approximate surface area is 159 Å². The van der Waals surface area contributed by atoms with Crippen LogP contribution in [0.4, 0.5) is 30.5 Å². The van der Waals surface area contributed by atoms with Gasteiger partial charge in [-0.15, -0.1) is 0 Å². The molecule has 1 amide bonds. The molecule has 0 unspecified atom stereocenters. The molecular weight excluding hydrogens is 369 g/mol. The zero-order valence-corrected chi connectivity index (χ0v) is 15.1. The third-order valence-electron chi connectivity index (χ3n) is 3.99. The Hall–Kier alpha value is -3.42. The summed E-state index contributed by atoms with van der Waals surface area (Å²) in [5.74, 6) is -0.308. The Morgan fingerprint density at radius 1 is 1.00 bits per heavy atom. The van der Waals surface area contributed by atoms with Crippen molar-refractivity contribution >= 4 is 23.2 Å². The first-order valence-electron chi connectivity index (χ1n) is 8.38. The second-order valence-electron chi connectivity index (χ2n) is 6.24. The van der Waals surface area contributed by atoms with Gasteiger partial charge < -0.3 is 10.6 Å². The monoisotopic (exact) mass is 386 g/mol. The number of alkyl halides is 3. The minimum absolute atomic E-state index is 0.0853. The molecule has 5 nitrogen and oxygen atoms in total.